The molecule has 0 aliphatic rings. The molecule has 0 spiro atoms. The van der Waals surface area contributed by atoms with Crippen molar-refractivity contribution in [2.45, 2.75) is 58.8 Å². The number of nitrogens with one attached hydrogen (secondary N) is 1. The van der Waals surface area contributed by atoms with Crippen LogP contribution in [0.5, 0.6) is 0 Å². The molecule has 27 heavy (non-hydrogen) atoms. The molecule has 1 rings (SSSR count). The zero-order valence-electron chi connectivity index (χ0n) is 16.8. The molecule has 1 aromatic rings. The van der Waals surface area contributed by atoms with Crippen molar-refractivity contribution < 1.29 is 24.2 Å². The van der Waals surface area contributed by atoms with Crippen LogP contribution in [-0.2, 0) is 20.7 Å². The molecule has 0 heterocycles. The van der Waals surface area contributed by atoms with E-state index in [2.05, 4.69) is 5.32 Å². The van der Waals surface area contributed by atoms with Crippen LogP contribution in [0.2, 0.25) is 0 Å². The number of alkyl carbamates (subject to hydrolysis) is 1. The van der Waals surface area contributed by atoms with Gasteiger partial charge in [0.15, 0.2) is 0 Å². The van der Waals surface area contributed by atoms with Crippen molar-refractivity contribution in [2.24, 2.45) is 5.92 Å². The summed E-state index contributed by atoms with van der Waals surface area (Å²) >= 11 is 0. The summed E-state index contributed by atoms with van der Waals surface area (Å²) in [4.78, 5) is 24.2. The minimum absolute atomic E-state index is 0.236. The maximum absolute atomic E-state index is 12.2. The van der Waals surface area contributed by atoms with Gasteiger partial charge in [-0.3, -0.25) is 4.79 Å². The van der Waals surface area contributed by atoms with Crippen LogP contribution < -0.4 is 5.32 Å². The number of aliphatic hydroxyl groups excluding tert-OH is 1. The minimum Gasteiger partial charge on any atom is -0.465 e. The molecule has 6 heteroatoms. The first-order valence-corrected chi connectivity index (χ1v) is 9.19. The highest BCUT2D eigenvalue weighted by molar-refractivity contribution is 5.75. The van der Waals surface area contributed by atoms with Crippen molar-refractivity contribution in [1.82, 2.24) is 5.32 Å². The van der Waals surface area contributed by atoms with Crippen LogP contribution in [0.25, 0.3) is 0 Å². The number of rotatable bonds is 8. The smallest absolute Gasteiger partial charge is 0.408 e. The Bertz CT molecular complexity index is 619. The van der Waals surface area contributed by atoms with E-state index >= 15 is 0 Å². The number of hydrogen-bond acceptors (Lipinski definition) is 5. The number of amides is 1. The van der Waals surface area contributed by atoms with Crippen molar-refractivity contribution in [3.05, 3.63) is 48.0 Å². The van der Waals surface area contributed by atoms with Gasteiger partial charge in [0.05, 0.1) is 18.8 Å². The van der Waals surface area contributed by atoms with Crippen molar-refractivity contribution in [3.8, 4) is 0 Å². The molecule has 6 nitrogen and oxygen atoms in total. The molecule has 1 amide bonds. The number of hydrogen-bond donors (Lipinski definition) is 2. The van der Waals surface area contributed by atoms with Crippen molar-refractivity contribution in [2.75, 3.05) is 6.61 Å². The lowest BCUT2D eigenvalue weighted by Crippen LogP contribution is -2.39. The van der Waals surface area contributed by atoms with Gasteiger partial charge in [0.2, 0.25) is 0 Å². The van der Waals surface area contributed by atoms with Gasteiger partial charge in [0, 0.05) is 0 Å². The van der Waals surface area contributed by atoms with Crippen LogP contribution in [0.4, 0.5) is 4.79 Å². The molecule has 0 aliphatic carbocycles. The molecule has 0 radical (unpaired) electrons. The molecule has 3 atom stereocenters. The maximum Gasteiger partial charge on any atom is 0.408 e. The zero-order chi connectivity index (χ0) is 20.4. The molecule has 0 saturated carbocycles. The van der Waals surface area contributed by atoms with Gasteiger partial charge in [-0.25, -0.2) is 4.79 Å². The summed E-state index contributed by atoms with van der Waals surface area (Å²) in [6, 6.07) is 9.25. The molecule has 0 saturated heterocycles. The van der Waals surface area contributed by atoms with E-state index in [-0.39, 0.29) is 6.61 Å². The number of carbonyl (C=O) groups excluding carboxylic acids is 2. The summed E-state index contributed by atoms with van der Waals surface area (Å²) in [6.45, 7) is 8.85. The van der Waals surface area contributed by atoms with Crippen LogP contribution in [0.1, 0.15) is 40.2 Å². The van der Waals surface area contributed by atoms with Crippen LogP contribution in [0.15, 0.2) is 42.5 Å². The first-order chi connectivity index (χ1) is 12.6. The number of benzene rings is 1. The SMILES string of the molecule is CCOC(=O)C(/C=C/[C@H](Cc1ccccc1)NC(=O)OC(C)(C)C)C(C)O. The largest absolute Gasteiger partial charge is 0.465 e. The summed E-state index contributed by atoms with van der Waals surface area (Å²) in [5, 5.41) is 12.7. The average Bonchev–Trinajstić information content (AvgIpc) is 2.54. The predicted molar refractivity (Wildman–Crippen MR) is 104 cm³/mol. The zero-order valence-corrected chi connectivity index (χ0v) is 16.8. The molecule has 0 bridgehead atoms. The van der Waals surface area contributed by atoms with Gasteiger partial charge >= 0.3 is 12.1 Å². The van der Waals surface area contributed by atoms with Crippen molar-refractivity contribution in [3.63, 3.8) is 0 Å². The van der Waals surface area contributed by atoms with Gasteiger partial charge in [-0.2, -0.15) is 0 Å². The average molecular weight is 377 g/mol. The van der Waals surface area contributed by atoms with Gasteiger partial charge < -0.3 is 19.9 Å². The van der Waals surface area contributed by atoms with Gasteiger partial charge in [0.1, 0.15) is 11.5 Å². The Hall–Kier alpha value is -2.34. The fraction of sp³-hybridized carbons (Fsp3) is 0.524. The number of ether oxygens (including phenoxy) is 2. The number of aliphatic hydroxyl groups is 1. The number of esters is 1. The predicted octanol–water partition coefficient (Wildman–Crippen LogP) is 3.24. The van der Waals surface area contributed by atoms with Crippen LogP contribution in [0, 0.1) is 5.92 Å². The highest BCUT2D eigenvalue weighted by Gasteiger charge is 2.23. The molecule has 0 fully saturated rings. The summed E-state index contributed by atoms with van der Waals surface area (Å²) in [6.07, 6.45) is 2.35. The first-order valence-electron chi connectivity index (χ1n) is 9.19. The monoisotopic (exact) mass is 377 g/mol. The fourth-order valence-electron chi connectivity index (χ4n) is 2.42. The molecule has 2 N–H and O–H groups in total. The highest BCUT2D eigenvalue weighted by atomic mass is 16.6. The van der Waals surface area contributed by atoms with E-state index in [0.29, 0.717) is 6.42 Å². The second kappa shape index (κ2) is 10.7. The summed E-state index contributed by atoms with van der Waals surface area (Å²) < 4.78 is 10.3. The van der Waals surface area contributed by atoms with E-state index in [1.807, 2.05) is 30.3 Å². The topological polar surface area (TPSA) is 84.9 Å². The van der Waals surface area contributed by atoms with Gasteiger partial charge in [0.25, 0.3) is 0 Å². The first kappa shape index (κ1) is 22.7. The van der Waals surface area contributed by atoms with Gasteiger partial charge in [-0.05, 0) is 46.6 Å². The minimum atomic E-state index is -0.904. The van der Waals surface area contributed by atoms with Crippen LogP contribution >= 0.6 is 0 Å². The highest BCUT2D eigenvalue weighted by Crippen LogP contribution is 2.12. The molecular weight excluding hydrogens is 346 g/mol. The summed E-state index contributed by atoms with van der Waals surface area (Å²) in [7, 11) is 0. The Morgan fingerprint density at radius 2 is 1.81 bits per heavy atom. The molecule has 0 aromatic heterocycles. The lowest BCUT2D eigenvalue weighted by Gasteiger charge is -2.23. The summed E-state index contributed by atoms with van der Waals surface area (Å²) in [5.74, 6) is -1.30. The standard InChI is InChI=1S/C21H31NO5/c1-6-26-19(24)18(15(2)23)13-12-17(14-16-10-8-7-9-11-16)22-20(25)27-21(3,4)5/h7-13,15,17-18,23H,6,14H2,1-5H3,(H,22,25)/b13-12+/t15?,17-,18?/m1/s1. The second-order valence-electron chi connectivity index (χ2n) is 7.35. The fourth-order valence-corrected chi connectivity index (χ4v) is 2.42. The van der Waals surface area contributed by atoms with Gasteiger partial charge in [-0.1, -0.05) is 42.5 Å². The maximum atomic E-state index is 12.2. The van der Waals surface area contributed by atoms with E-state index < -0.39 is 35.7 Å². The molecule has 150 valence electrons. The lowest BCUT2D eigenvalue weighted by molar-refractivity contribution is -0.149. The Morgan fingerprint density at radius 1 is 1.19 bits per heavy atom. The van der Waals surface area contributed by atoms with Gasteiger partial charge in [-0.15, -0.1) is 0 Å². The third-order valence-electron chi connectivity index (χ3n) is 3.63. The van der Waals surface area contributed by atoms with Crippen LogP contribution in [0.3, 0.4) is 0 Å². The van der Waals surface area contributed by atoms with E-state index in [1.54, 1.807) is 39.8 Å². The third kappa shape index (κ3) is 9.24. The van der Waals surface area contributed by atoms with E-state index in [1.165, 1.54) is 6.92 Å². The molecular formula is C21H31NO5. The quantitative estimate of drug-likeness (QED) is 0.537. The molecule has 1 aromatic carbocycles. The third-order valence-corrected chi connectivity index (χ3v) is 3.63. The normalized spacial score (nSPS) is 15.0. The Kier molecular flexibility index (Phi) is 9.02. The Morgan fingerprint density at radius 3 is 2.33 bits per heavy atom. The molecule has 0 aliphatic heterocycles. The lowest BCUT2D eigenvalue weighted by atomic mass is 10.00. The van der Waals surface area contributed by atoms with E-state index in [4.69, 9.17) is 9.47 Å². The van der Waals surface area contributed by atoms with E-state index in [0.717, 1.165) is 5.56 Å². The molecule has 2 unspecified atom stereocenters. The Balaban J connectivity index is 2.94. The van der Waals surface area contributed by atoms with Crippen molar-refractivity contribution >= 4 is 12.1 Å². The van der Waals surface area contributed by atoms with Crippen LogP contribution in [-0.4, -0.2) is 41.5 Å². The second-order valence-corrected chi connectivity index (χ2v) is 7.35. The van der Waals surface area contributed by atoms with E-state index in [9.17, 15) is 14.7 Å². The Labute approximate surface area is 161 Å². The van der Waals surface area contributed by atoms with Crippen molar-refractivity contribution in [1.29, 1.82) is 0 Å². The summed E-state index contributed by atoms with van der Waals surface area (Å²) in [5.41, 5.74) is 0.408. The number of carbonyl (C=O) groups is 2.